The van der Waals surface area contributed by atoms with Crippen LogP contribution in [-0.4, -0.2) is 14.5 Å². The predicted molar refractivity (Wildman–Crippen MR) is 61.0 cm³/mol. The molecular formula is C10H10BrN3. The van der Waals surface area contributed by atoms with Crippen molar-refractivity contribution in [1.29, 1.82) is 0 Å². The summed E-state index contributed by atoms with van der Waals surface area (Å²) in [5, 5.41) is 0. The van der Waals surface area contributed by atoms with Gasteiger partial charge < -0.3 is 4.57 Å². The lowest BCUT2D eigenvalue weighted by molar-refractivity contribution is 1.11. The van der Waals surface area contributed by atoms with Crippen LogP contribution in [0.25, 0.3) is 17.4 Å². The highest BCUT2D eigenvalue weighted by Crippen LogP contribution is 2.20. The highest BCUT2D eigenvalue weighted by Gasteiger charge is 2.08. The molecule has 4 heteroatoms. The van der Waals surface area contributed by atoms with Gasteiger partial charge in [-0.15, -0.1) is 0 Å². The summed E-state index contributed by atoms with van der Waals surface area (Å²) in [6.07, 6.45) is 6.40. The molecule has 0 unspecified atom stereocenters. The third kappa shape index (κ3) is 1.35. The van der Waals surface area contributed by atoms with E-state index in [1.807, 2.05) is 10.8 Å². The topological polar surface area (TPSA) is 30.7 Å². The second-order valence-electron chi connectivity index (χ2n) is 2.96. The van der Waals surface area contributed by atoms with E-state index in [9.17, 15) is 0 Å². The van der Waals surface area contributed by atoms with Crippen LogP contribution in [0.5, 0.6) is 0 Å². The molecule has 0 aromatic carbocycles. The number of hydrogen-bond donors (Lipinski definition) is 0. The number of fused-ring (bicyclic) bond motifs is 1. The van der Waals surface area contributed by atoms with Gasteiger partial charge >= 0.3 is 0 Å². The van der Waals surface area contributed by atoms with Gasteiger partial charge in [-0.3, -0.25) is 0 Å². The van der Waals surface area contributed by atoms with Crippen LogP contribution in [0, 0.1) is 0 Å². The zero-order valence-electron chi connectivity index (χ0n) is 7.87. The van der Waals surface area contributed by atoms with Crippen molar-refractivity contribution in [3.63, 3.8) is 0 Å². The Morgan fingerprint density at radius 1 is 1.64 bits per heavy atom. The number of nitrogens with zero attached hydrogens (tertiary/aromatic N) is 3. The van der Waals surface area contributed by atoms with E-state index in [0.717, 1.165) is 22.2 Å². The van der Waals surface area contributed by atoms with Crippen LogP contribution < -0.4 is 0 Å². The number of hydrogen-bond acceptors (Lipinski definition) is 2. The fraction of sp³-hybridized carbons (Fsp3) is 0.200. The van der Waals surface area contributed by atoms with E-state index in [1.165, 1.54) is 5.56 Å². The summed E-state index contributed by atoms with van der Waals surface area (Å²) in [5.41, 5.74) is 3.00. The summed E-state index contributed by atoms with van der Waals surface area (Å²) in [6, 6.07) is 0. The second-order valence-corrected chi connectivity index (χ2v) is 3.78. The van der Waals surface area contributed by atoms with Gasteiger partial charge in [-0.05, 0) is 27.9 Å². The van der Waals surface area contributed by atoms with Gasteiger partial charge in [0.25, 0.3) is 0 Å². The molecule has 2 rings (SSSR count). The first kappa shape index (κ1) is 9.40. The molecule has 0 fully saturated rings. The molecule has 0 radical (unpaired) electrons. The molecule has 2 aromatic rings. The van der Waals surface area contributed by atoms with Gasteiger partial charge in [-0.25, -0.2) is 9.97 Å². The van der Waals surface area contributed by atoms with Gasteiger partial charge in [0.1, 0.15) is 10.1 Å². The summed E-state index contributed by atoms with van der Waals surface area (Å²) in [6.45, 7) is 5.84. The van der Waals surface area contributed by atoms with Gasteiger partial charge in [0, 0.05) is 12.4 Å². The maximum absolute atomic E-state index is 4.40. The minimum atomic E-state index is 0.765. The molecule has 0 N–H and O–H groups in total. The first-order chi connectivity index (χ1) is 6.76. The van der Waals surface area contributed by atoms with E-state index >= 15 is 0 Å². The molecule has 0 aliphatic carbocycles. The lowest BCUT2D eigenvalue weighted by Crippen LogP contribution is -1.87. The third-order valence-electron chi connectivity index (χ3n) is 2.15. The van der Waals surface area contributed by atoms with Crippen LogP contribution in [0.4, 0.5) is 0 Å². The third-order valence-corrected chi connectivity index (χ3v) is 2.53. The predicted octanol–water partition coefficient (Wildman–Crippen LogP) is 2.86. The average Bonchev–Trinajstić information content (AvgIpc) is 2.55. The zero-order valence-corrected chi connectivity index (χ0v) is 9.45. The van der Waals surface area contributed by atoms with Crippen molar-refractivity contribution in [3.05, 3.63) is 29.1 Å². The van der Waals surface area contributed by atoms with E-state index in [1.54, 1.807) is 12.4 Å². The normalized spacial score (nSPS) is 10.7. The monoisotopic (exact) mass is 251 g/mol. The number of aromatic nitrogens is 3. The maximum Gasteiger partial charge on any atom is 0.163 e. The standard InChI is InChI=1S/C10H10BrN3/c1-3-7-6-14(4-2)10-9(7)13-8(11)5-12-10/h4-6H,2-3H2,1H3. The largest absolute Gasteiger partial charge is 0.307 e. The lowest BCUT2D eigenvalue weighted by Gasteiger charge is -1.94. The molecule has 0 bridgehead atoms. The fourth-order valence-electron chi connectivity index (χ4n) is 1.45. The first-order valence-electron chi connectivity index (χ1n) is 4.40. The number of rotatable bonds is 2. The lowest BCUT2D eigenvalue weighted by atomic mass is 10.2. The van der Waals surface area contributed by atoms with Crippen molar-refractivity contribution in [2.45, 2.75) is 13.3 Å². The minimum absolute atomic E-state index is 0.765. The zero-order chi connectivity index (χ0) is 10.1. The van der Waals surface area contributed by atoms with Crippen LogP contribution in [0.15, 0.2) is 23.6 Å². The van der Waals surface area contributed by atoms with E-state index < -0.39 is 0 Å². The van der Waals surface area contributed by atoms with E-state index in [2.05, 4.69) is 39.4 Å². The molecule has 72 valence electrons. The molecular weight excluding hydrogens is 242 g/mol. The Labute approximate surface area is 90.6 Å². The first-order valence-corrected chi connectivity index (χ1v) is 5.20. The smallest absolute Gasteiger partial charge is 0.163 e. The molecule has 2 heterocycles. The fourth-order valence-corrected chi connectivity index (χ4v) is 1.73. The highest BCUT2D eigenvalue weighted by molar-refractivity contribution is 9.10. The molecule has 0 aliphatic rings. The summed E-state index contributed by atoms with van der Waals surface area (Å²) < 4.78 is 2.66. The Bertz CT molecular complexity index is 487. The van der Waals surface area contributed by atoms with Crippen LogP contribution in [0.3, 0.4) is 0 Å². The SMILES string of the molecule is C=Cn1cc(CC)c2nc(Br)cnc21. The highest BCUT2D eigenvalue weighted by atomic mass is 79.9. The average molecular weight is 252 g/mol. The van der Waals surface area contributed by atoms with Crippen molar-refractivity contribution in [3.8, 4) is 0 Å². The van der Waals surface area contributed by atoms with Crippen molar-refractivity contribution in [1.82, 2.24) is 14.5 Å². The molecule has 0 aliphatic heterocycles. The van der Waals surface area contributed by atoms with Crippen LogP contribution in [0.2, 0.25) is 0 Å². The molecule has 14 heavy (non-hydrogen) atoms. The molecule has 0 spiro atoms. The van der Waals surface area contributed by atoms with E-state index in [-0.39, 0.29) is 0 Å². The molecule has 0 saturated heterocycles. The van der Waals surface area contributed by atoms with E-state index in [4.69, 9.17) is 0 Å². The van der Waals surface area contributed by atoms with Gasteiger partial charge in [-0.2, -0.15) is 0 Å². The Balaban J connectivity index is 2.82. The molecule has 0 atom stereocenters. The summed E-state index contributed by atoms with van der Waals surface area (Å²) in [7, 11) is 0. The number of aryl methyl sites for hydroxylation is 1. The molecule has 0 amide bonds. The summed E-state index contributed by atoms with van der Waals surface area (Å²) >= 11 is 3.32. The molecule has 2 aromatic heterocycles. The minimum Gasteiger partial charge on any atom is -0.307 e. The molecule has 0 saturated carbocycles. The van der Waals surface area contributed by atoms with Gasteiger partial charge in [0.15, 0.2) is 5.65 Å². The second kappa shape index (κ2) is 3.53. The summed E-state index contributed by atoms with van der Waals surface area (Å²) in [5.74, 6) is 0. The van der Waals surface area contributed by atoms with Crippen molar-refractivity contribution in [2.75, 3.05) is 0 Å². The Morgan fingerprint density at radius 3 is 3.07 bits per heavy atom. The van der Waals surface area contributed by atoms with Gasteiger partial charge in [0.2, 0.25) is 0 Å². The molecule has 3 nitrogen and oxygen atoms in total. The summed E-state index contributed by atoms with van der Waals surface area (Å²) in [4.78, 5) is 8.70. The van der Waals surface area contributed by atoms with Gasteiger partial charge in [-0.1, -0.05) is 13.5 Å². The Hall–Kier alpha value is -1.16. The quantitative estimate of drug-likeness (QED) is 0.822. The van der Waals surface area contributed by atoms with Gasteiger partial charge in [0.05, 0.1) is 6.20 Å². The number of halogens is 1. The van der Waals surface area contributed by atoms with Crippen LogP contribution in [-0.2, 0) is 6.42 Å². The Morgan fingerprint density at radius 2 is 2.43 bits per heavy atom. The van der Waals surface area contributed by atoms with Crippen LogP contribution in [0.1, 0.15) is 12.5 Å². The van der Waals surface area contributed by atoms with Crippen LogP contribution >= 0.6 is 15.9 Å². The van der Waals surface area contributed by atoms with Crippen molar-refractivity contribution < 1.29 is 0 Å². The Kier molecular flexibility index (Phi) is 2.37. The van der Waals surface area contributed by atoms with Crippen molar-refractivity contribution >= 4 is 33.3 Å². The van der Waals surface area contributed by atoms with E-state index in [0.29, 0.717) is 0 Å². The maximum atomic E-state index is 4.40. The van der Waals surface area contributed by atoms with Crippen molar-refractivity contribution in [2.24, 2.45) is 0 Å².